The third-order valence-corrected chi connectivity index (χ3v) is 2.98. The summed E-state index contributed by atoms with van der Waals surface area (Å²) in [5.74, 6) is -0.528. The molecule has 0 aliphatic carbocycles. The number of aliphatic hydroxyl groups excluding tert-OH is 2. The van der Waals surface area contributed by atoms with E-state index in [1.54, 1.807) is 13.8 Å². The lowest BCUT2D eigenvalue weighted by Crippen LogP contribution is -2.55. The van der Waals surface area contributed by atoms with Gasteiger partial charge < -0.3 is 25.0 Å². The maximum atomic E-state index is 11.1. The summed E-state index contributed by atoms with van der Waals surface area (Å²) >= 11 is 0. The van der Waals surface area contributed by atoms with Crippen LogP contribution in [-0.2, 0) is 14.3 Å². The summed E-state index contributed by atoms with van der Waals surface area (Å²) in [6, 6.07) is -0.665. The summed E-state index contributed by atoms with van der Waals surface area (Å²) in [5.41, 5.74) is 0. The molecule has 5 unspecified atom stereocenters. The van der Waals surface area contributed by atoms with E-state index in [9.17, 15) is 15.0 Å². The van der Waals surface area contributed by atoms with Crippen LogP contribution in [-0.4, -0.2) is 61.3 Å². The van der Waals surface area contributed by atoms with Crippen LogP contribution in [0.5, 0.6) is 0 Å². The number of ether oxygens (including phenoxy) is 2. The molecular weight excluding hydrogens is 238 g/mol. The van der Waals surface area contributed by atoms with Gasteiger partial charge in [0.1, 0.15) is 6.10 Å². The number of methoxy groups -OCH3 is 2. The predicted octanol–water partition coefficient (Wildman–Crippen LogP) is -0.470. The molecule has 5 atom stereocenters. The smallest absolute Gasteiger partial charge is 0.217 e. The van der Waals surface area contributed by atoms with Gasteiger partial charge in [-0.15, -0.1) is 0 Å². The van der Waals surface area contributed by atoms with Crippen molar-refractivity contribution in [2.24, 2.45) is 5.92 Å². The van der Waals surface area contributed by atoms with Gasteiger partial charge in [-0.05, 0) is 6.92 Å². The highest BCUT2D eigenvalue weighted by molar-refractivity contribution is 5.73. The Morgan fingerprint density at radius 3 is 2.17 bits per heavy atom. The molecule has 108 valence electrons. The van der Waals surface area contributed by atoms with Crippen molar-refractivity contribution in [1.29, 1.82) is 0 Å². The Morgan fingerprint density at radius 2 is 1.78 bits per heavy atom. The van der Waals surface area contributed by atoms with Crippen molar-refractivity contribution in [2.75, 3.05) is 20.8 Å². The molecule has 18 heavy (non-hydrogen) atoms. The fraction of sp³-hybridized carbons (Fsp3) is 0.917. The molecule has 0 aliphatic rings. The largest absolute Gasteiger partial charge is 0.390 e. The zero-order valence-electron chi connectivity index (χ0n) is 11.7. The van der Waals surface area contributed by atoms with Gasteiger partial charge >= 0.3 is 0 Å². The van der Waals surface area contributed by atoms with Crippen molar-refractivity contribution < 1.29 is 24.5 Å². The Hall–Kier alpha value is -0.690. The summed E-state index contributed by atoms with van der Waals surface area (Å²) in [6.45, 7) is 5.16. The molecule has 0 saturated carbocycles. The van der Waals surface area contributed by atoms with Crippen LogP contribution in [0.3, 0.4) is 0 Å². The summed E-state index contributed by atoms with van der Waals surface area (Å²) in [7, 11) is 3.01. The molecule has 0 aromatic rings. The van der Waals surface area contributed by atoms with Crippen molar-refractivity contribution in [2.45, 2.75) is 45.1 Å². The monoisotopic (exact) mass is 263 g/mol. The van der Waals surface area contributed by atoms with E-state index in [4.69, 9.17) is 9.47 Å². The van der Waals surface area contributed by atoms with Crippen LogP contribution in [0.4, 0.5) is 0 Å². The zero-order valence-corrected chi connectivity index (χ0v) is 11.7. The van der Waals surface area contributed by atoms with Gasteiger partial charge in [0.2, 0.25) is 5.91 Å². The topological polar surface area (TPSA) is 88.0 Å². The molecule has 0 rings (SSSR count). The standard InChI is InChI=1S/C12H25NO5/c1-7(6-17-4)11(15)12(16)10(8(2)18-5)13-9(3)14/h7-8,10-12,15-16H,6H2,1-5H3,(H,13,14). The second kappa shape index (κ2) is 8.42. The second-order valence-corrected chi connectivity index (χ2v) is 4.58. The minimum atomic E-state index is -1.12. The Labute approximate surface area is 108 Å². The van der Waals surface area contributed by atoms with Gasteiger partial charge in [0, 0.05) is 27.1 Å². The molecule has 3 N–H and O–H groups in total. The van der Waals surface area contributed by atoms with Crippen LogP contribution >= 0.6 is 0 Å². The van der Waals surface area contributed by atoms with Crippen LogP contribution in [0.25, 0.3) is 0 Å². The van der Waals surface area contributed by atoms with Crippen LogP contribution < -0.4 is 5.32 Å². The van der Waals surface area contributed by atoms with Gasteiger partial charge in [0.25, 0.3) is 0 Å². The number of nitrogens with one attached hydrogen (secondary N) is 1. The van der Waals surface area contributed by atoms with Gasteiger partial charge in [-0.2, -0.15) is 0 Å². The lowest BCUT2D eigenvalue weighted by Gasteiger charge is -2.33. The SMILES string of the molecule is COCC(C)C(O)C(O)C(NC(C)=O)C(C)OC. The molecule has 0 aromatic carbocycles. The van der Waals surface area contributed by atoms with E-state index in [0.717, 1.165) is 0 Å². The first-order chi connectivity index (χ1) is 8.34. The van der Waals surface area contributed by atoms with E-state index in [0.29, 0.717) is 6.61 Å². The molecule has 0 bridgehead atoms. The van der Waals surface area contributed by atoms with Crippen molar-refractivity contribution in [3.63, 3.8) is 0 Å². The van der Waals surface area contributed by atoms with Crippen LogP contribution in [0, 0.1) is 5.92 Å². The van der Waals surface area contributed by atoms with Crippen molar-refractivity contribution in [1.82, 2.24) is 5.32 Å². The van der Waals surface area contributed by atoms with Crippen molar-refractivity contribution in [3.8, 4) is 0 Å². The predicted molar refractivity (Wildman–Crippen MR) is 67.1 cm³/mol. The number of carbonyl (C=O) groups is 1. The summed E-state index contributed by atoms with van der Waals surface area (Å²) in [5, 5.41) is 22.7. The van der Waals surface area contributed by atoms with Crippen LogP contribution in [0.15, 0.2) is 0 Å². The van der Waals surface area contributed by atoms with Gasteiger partial charge in [0.05, 0.1) is 24.9 Å². The lowest BCUT2D eigenvalue weighted by molar-refractivity contribution is -0.125. The third kappa shape index (κ3) is 5.30. The second-order valence-electron chi connectivity index (χ2n) is 4.58. The maximum absolute atomic E-state index is 11.1. The highest BCUT2D eigenvalue weighted by atomic mass is 16.5. The highest BCUT2D eigenvalue weighted by Crippen LogP contribution is 2.14. The average molecular weight is 263 g/mol. The Balaban J connectivity index is 4.71. The molecule has 0 heterocycles. The molecule has 0 saturated heterocycles. The first kappa shape index (κ1) is 17.3. The van der Waals surface area contributed by atoms with E-state index >= 15 is 0 Å². The fourth-order valence-corrected chi connectivity index (χ4v) is 1.77. The van der Waals surface area contributed by atoms with E-state index in [1.807, 2.05) is 0 Å². The van der Waals surface area contributed by atoms with Crippen LogP contribution in [0.1, 0.15) is 20.8 Å². The quantitative estimate of drug-likeness (QED) is 0.551. The number of rotatable bonds is 8. The Bertz CT molecular complexity index is 249. The Kier molecular flexibility index (Phi) is 8.10. The molecule has 0 aliphatic heterocycles. The number of hydrogen-bond donors (Lipinski definition) is 3. The molecule has 6 nitrogen and oxygen atoms in total. The number of aliphatic hydroxyl groups is 2. The first-order valence-corrected chi connectivity index (χ1v) is 6.00. The summed E-state index contributed by atoms with van der Waals surface area (Å²) in [6.07, 6.45) is -2.53. The highest BCUT2D eigenvalue weighted by Gasteiger charge is 2.34. The molecule has 6 heteroatoms. The minimum Gasteiger partial charge on any atom is -0.390 e. The van der Waals surface area contributed by atoms with Crippen molar-refractivity contribution in [3.05, 3.63) is 0 Å². The molecule has 1 amide bonds. The normalized spacial score (nSPS) is 19.7. The van der Waals surface area contributed by atoms with E-state index in [2.05, 4.69) is 5.32 Å². The van der Waals surface area contributed by atoms with Crippen molar-refractivity contribution >= 4 is 5.91 Å². The fourth-order valence-electron chi connectivity index (χ4n) is 1.77. The van der Waals surface area contributed by atoms with Gasteiger partial charge in [-0.3, -0.25) is 4.79 Å². The average Bonchev–Trinajstić information content (AvgIpc) is 2.33. The summed E-state index contributed by atoms with van der Waals surface area (Å²) < 4.78 is 10.0. The number of amides is 1. The molecular formula is C12H25NO5. The molecule has 0 spiro atoms. The van der Waals surface area contributed by atoms with Crippen LogP contribution in [0.2, 0.25) is 0 Å². The van der Waals surface area contributed by atoms with E-state index < -0.39 is 24.4 Å². The lowest BCUT2D eigenvalue weighted by atomic mass is 9.93. The number of hydrogen-bond acceptors (Lipinski definition) is 5. The molecule has 0 aromatic heterocycles. The zero-order chi connectivity index (χ0) is 14.3. The van der Waals surface area contributed by atoms with Gasteiger partial charge in [0.15, 0.2) is 0 Å². The minimum absolute atomic E-state index is 0.245. The Morgan fingerprint density at radius 1 is 1.22 bits per heavy atom. The molecule has 0 fully saturated rings. The third-order valence-electron chi connectivity index (χ3n) is 2.98. The molecule has 0 radical (unpaired) electrons. The van der Waals surface area contributed by atoms with Gasteiger partial charge in [-0.25, -0.2) is 0 Å². The van der Waals surface area contributed by atoms with Gasteiger partial charge in [-0.1, -0.05) is 6.92 Å². The van der Waals surface area contributed by atoms with E-state index in [1.165, 1.54) is 21.1 Å². The maximum Gasteiger partial charge on any atom is 0.217 e. The van der Waals surface area contributed by atoms with E-state index in [-0.39, 0.29) is 11.8 Å². The first-order valence-electron chi connectivity index (χ1n) is 6.00. The number of carbonyl (C=O) groups excluding carboxylic acids is 1. The summed E-state index contributed by atoms with van der Waals surface area (Å²) in [4.78, 5) is 11.1.